The van der Waals surface area contributed by atoms with Gasteiger partial charge in [0.05, 0.1) is 28.5 Å². The van der Waals surface area contributed by atoms with Crippen LogP contribution in [0.1, 0.15) is 31.4 Å². The number of aliphatic hydroxyl groups excluding tert-OH is 1. The van der Waals surface area contributed by atoms with Gasteiger partial charge in [-0.05, 0) is 19.9 Å². The fourth-order valence-electron chi connectivity index (χ4n) is 3.90. The molecule has 3 N–H and O–H groups in total. The number of nitrogens with zero attached hydrogens (tertiary/aromatic N) is 3. The Morgan fingerprint density at radius 3 is 2.67 bits per heavy atom. The van der Waals surface area contributed by atoms with Crippen molar-refractivity contribution < 1.29 is 24.4 Å². The number of hydrogen-bond donors (Lipinski definition) is 3. The van der Waals surface area contributed by atoms with Gasteiger partial charge in [0.25, 0.3) is 0 Å². The number of aliphatic hydroxyl groups is 1. The Bertz CT molecular complexity index is 934. The Morgan fingerprint density at radius 2 is 2.04 bits per heavy atom. The molecule has 124 valence electrons. The molecule has 2 bridgehead atoms. The average Bonchev–Trinajstić information content (AvgIpc) is 3.01. The van der Waals surface area contributed by atoms with E-state index in [4.69, 9.17) is 11.3 Å². The van der Waals surface area contributed by atoms with Crippen LogP contribution in [-0.2, 0) is 15.9 Å². The first-order valence-electron chi connectivity index (χ1n) is 7.32. The minimum Gasteiger partial charge on any atom is -0.494 e. The zero-order valence-electron chi connectivity index (χ0n) is 12.9. The minimum atomic E-state index is -1.15. The Balaban J connectivity index is 1.98. The maximum absolute atomic E-state index is 13.9. The van der Waals surface area contributed by atoms with Crippen LogP contribution in [0.3, 0.4) is 0 Å². The predicted octanol–water partition coefficient (Wildman–Crippen LogP) is 2.20. The smallest absolute Gasteiger partial charge is 0.305 e. The van der Waals surface area contributed by atoms with Gasteiger partial charge in [-0.2, -0.15) is 0 Å². The summed E-state index contributed by atoms with van der Waals surface area (Å²) < 4.78 is 20.8. The highest BCUT2D eigenvalue weighted by Crippen LogP contribution is 2.64. The molecule has 2 unspecified atom stereocenters. The molecule has 4 heterocycles. The van der Waals surface area contributed by atoms with Crippen LogP contribution in [0.2, 0.25) is 0 Å². The summed E-state index contributed by atoms with van der Waals surface area (Å²) in [5, 5.41) is 31.5. The van der Waals surface area contributed by atoms with Gasteiger partial charge in [-0.3, -0.25) is 0 Å². The third-order valence-electron chi connectivity index (χ3n) is 4.97. The summed E-state index contributed by atoms with van der Waals surface area (Å²) >= 11 is 0. The standard InChI is InChI=1S/C16H14FN3O4/c1-15-5-9(21)16(2,24-15)11-10(15)13(22)20(14(11)23)7-4-8(17)12(18-3)19-6-7/h4,6,9,21-23H,5H2,1-2H3/t9-,15?,16?/m0/s1. The van der Waals surface area contributed by atoms with E-state index >= 15 is 0 Å². The summed E-state index contributed by atoms with van der Waals surface area (Å²) in [6.45, 7) is 10.2. The van der Waals surface area contributed by atoms with Crippen LogP contribution in [0.15, 0.2) is 12.3 Å². The van der Waals surface area contributed by atoms with Crippen molar-refractivity contribution in [1.82, 2.24) is 9.55 Å². The van der Waals surface area contributed by atoms with Crippen molar-refractivity contribution in [3.8, 4) is 17.4 Å². The first-order valence-corrected chi connectivity index (χ1v) is 7.32. The number of aromatic hydroxyl groups is 2. The van der Waals surface area contributed by atoms with E-state index in [2.05, 4.69) is 9.83 Å². The summed E-state index contributed by atoms with van der Waals surface area (Å²) in [4.78, 5) is 6.63. The van der Waals surface area contributed by atoms with Gasteiger partial charge in [0.1, 0.15) is 11.8 Å². The number of hydrogen-bond acceptors (Lipinski definition) is 5. The highest BCUT2D eigenvalue weighted by molar-refractivity contribution is 5.61. The van der Waals surface area contributed by atoms with Gasteiger partial charge in [0, 0.05) is 6.42 Å². The van der Waals surface area contributed by atoms with Crippen LogP contribution in [0, 0.1) is 12.4 Å². The zero-order valence-corrected chi connectivity index (χ0v) is 12.9. The van der Waals surface area contributed by atoms with E-state index in [1.165, 1.54) is 6.20 Å². The van der Waals surface area contributed by atoms with Crippen molar-refractivity contribution in [1.29, 1.82) is 0 Å². The summed E-state index contributed by atoms with van der Waals surface area (Å²) in [6, 6.07) is 1.01. The number of pyridine rings is 1. The summed E-state index contributed by atoms with van der Waals surface area (Å²) in [6.07, 6.45) is 0.626. The average molecular weight is 331 g/mol. The number of aromatic nitrogens is 2. The monoisotopic (exact) mass is 331 g/mol. The first kappa shape index (κ1) is 14.9. The third kappa shape index (κ3) is 1.53. The van der Waals surface area contributed by atoms with Crippen LogP contribution < -0.4 is 0 Å². The molecule has 0 radical (unpaired) electrons. The molecular weight excluding hydrogens is 317 g/mol. The summed E-state index contributed by atoms with van der Waals surface area (Å²) in [5.74, 6) is -1.89. The predicted molar refractivity (Wildman–Crippen MR) is 79.5 cm³/mol. The summed E-state index contributed by atoms with van der Waals surface area (Å²) in [7, 11) is 0. The van der Waals surface area contributed by atoms with E-state index in [1.807, 2.05) is 0 Å². The quantitative estimate of drug-likeness (QED) is 0.697. The number of fused-ring (bicyclic) bond motifs is 5. The second kappa shape index (κ2) is 4.26. The van der Waals surface area contributed by atoms with Gasteiger partial charge >= 0.3 is 5.82 Å². The Hall–Kier alpha value is -2.63. The molecule has 0 aliphatic carbocycles. The molecule has 0 spiro atoms. The van der Waals surface area contributed by atoms with E-state index in [0.29, 0.717) is 5.56 Å². The number of ether oxygens (including phenoxy) is 1. The van der Waals surface area contributed by atoms with Gasteiger partial charge in [0.15, 0.2) is 5.82 Å². The molecule has 8 heteroatoms. The molecule has 2 aliphatic heterocycles. The van der Waals surface area contributed by atoms with E-state index in [1.54, 1.807) is 13.8 Å². The van der Waals surface area contributed by atoms with Crippen molar-refractivity contribution >= 4 is 5.82 Å². The lowest BCUT2D eigenvalue weighted by Gasteiger charge is -2.25. The van der Waals surface area contributed by atoms with Crippen molar-refractivity contribution in [3.63, 3.8) is 0 Å². The first-order chi connectivity index (χ1) is 11.2. The molecule has 0 amide bonds. The van der Waals surface area contributed by atoms with Crippen molar-refractivity contribution in [2.24, 2.45) is 0 Å². The van der Waals surface area contributed by atoms with Gasteiger partial charge in [-0.25, -0.2) is 8.96 Å². The molecule has 0 saturated carbocycles. The second-order valence-electron chi connectivity index (χ2n) is 6.50. The fourth-order valence-corrected chi connectivity index (χ4v) is 3.90. The minimum absolute atomic E-state index is 0.0744. The molecule has 2 aromatic heterocycles. The number of rotatable bonds is 1. The van der Waals surface area contributed by atoms with Crippen LogP contribution >= 0.6 is 0 Å². The van der Waals surface area contributed by atoms with Crippen molar-refractivity contribution in [2.75, 3.05) is 0 Å². The lowest BCUT2D eigenvalue weighted by Crippen LogP contribution is -2.32. The second-order valence-corrected chi connectivity index (χ2v) is 6.50. The molecule has 3 atom stereocenters. The molecule has 7 nitrogen and oxygen atoms in total. The maximum Gasteiger partial charge on any atom is 0.305 e. The third-order valence-corrected chi connectivity index (χ3v) is 4.97. The lowest BCUT2D eigenvalue weighted by atomic mass is 9.78. The number of halogens is 1. The van der Waals surface area contributed by atoms with Crippen molar-refractivity contribution in [3.05, 3.63) is 40.6 Å². The van der Waals surface area contributed by atoms with E-state index in [9.17, 15) is 19.7 Å². The van der Waals surface area contributed by atoms with E-state index in [0.717, 1.165) is 10.6 Å². The highest BCUT2D eigenvalue weighted by Gasteiger charge is 2.64. The van der Waals surface area contributed by atoms with E-state index < -0.39 is 28.9 Å². The fraction of sp³-hybridized carbons (Fsp3) is 0.375. The van der Waals surface area contributed by atoms with E-state index in [-0.39, 0.29) is 29.4 Å². The Labute approximate surface area is 136 Å². The van der Waals surface area contributed by atoms with Crippen LogP contribution in [0.25, 0.3) is 10.5 Å². The molecule has 1 saturated heterocycles. The van der Waals surface area contributed by atoms with Gasteiger partial charge in [0.2, 0.25) is 11.8 Å². The molecular formula is C16H14FN3O4. The highest BCUT2D eigenvalue weighted by atomic mass is 19.1. The summed E-state index contributed by atoms with van der Waals surface area (Å²) in [5.41, 5.74) is -1.36. The van der Waals surface area contributed by atoms with Crippen LogP contribution in [-0.4, -0.2) is 31.0 Å². The molecule has 24 heavy (non-hydrogen) atoms. The molecule has 2 aromatic rings. The van der Waals surface area contributed by atoms with Gasteiger partial charge < -0.3 is 24.9 Å². The maximum atomic E-state index is 13.9. The molecule has 4 rings (SSSR count). The Morgan fingerprint density at radius 1 is 1.38 bits per heavy atom. The molecule has 2 aliphatic rings. The van der Waals surface area contributed by atoms with Crippen LogP contribution in [0.5, 0.6) is 11.8 Å². The van der Waals surface area contributed by atoms with Crippen LogP contribution in [0.4, 0.5) is 10.2 Å². The largest absolute Gasteiger partial charge is 0.494 e. The van der Waals surface area contributed by atoms with Gasteiger partial charge in [-0.15, -0.1) is 4.98 Å². The SMILES string of the molecule is [C-]#[N+]c1ncc(-n2c(O)c3c(c2O)C2(C)OC3(C)C[C@@H]2O)cc1F. The Kier molecular flexibility index (Phi) is 2.65. The zero-order chi connectivity index (χ0) is 17.4. The lowest BCUT2D eigenvalue weighted by molar-refractivity contribution is -0.0936. The van der Waals surface area contributed by atoms with Gasteiger partial charge in [-0.1, -0.05) is 6.57 Å². The topological polar surface area (TPSA) is 92.1 Å². The molecule has 0 aromatic carbocycles. The van der Waals surface area contributed by atoms with Crippen molar-refractivity contribution in [2.45, 2.75) is 37.6 Å². The molecule has 1 fully saturated rings. The normalized spacial score (nSPS) is 30.4.